The van der Waals surface area contributed by atoms with Gasteiger partial charge < -0.3 is 10.0 Å². The molecule has 1 fully saturated rings. The van der Waals surface area contributed by atoms with Crippen LogP contribution in [0, 0.1) is 5.82 Å². The second kappa shape index (κ2) is 12.7. The number of benzene rings is 2. The summed E-state index contributed by atoms with van der Waals surface area (Å²) in [6, 6.07) is 15.2. The summed E-state index contributed by atoms with van der Waals surface area (Å²) < 4.78 is 14.3. The van der Waals surface area contributed by atoms with E-state index < -0.39 is 5.97 Å². The van der Waals surface area contributed by atoms with Gasteiger partial charge in [0.25, 0.3) is 0 Å². The number of halogens is 2. The van der Waals surface area contributed by atoms with Crippen molar-refractivity contribution in [2.24, 2.45) is 0 Å². The third-order valence-corrected chi connectivity index (χ3v) is 7.52. The highest BCUT2D eigenvalue weighted by atomic mass is 35.5. The lowest BCUT2D eigenvalue weighted by atomic mass is 9.98. The Morgan fingerprint density at radius 2 is 1.79 bits per heavy atom. The van der Waals surface area contributed by atoms with E-state index in [4.69, 9.17) is 11.6 Å². The first-order chi connectivity index (χ1) is 18.3. The first kappa shape index (κ1) is 28.0. The average Bonchev–Trinajstić information content (AvgIpc) is 2.90. The standard InChI is InChI=1S/C30H36ClFN4O2/c1-4-34(20-25-26(31)9-6-10-27(25)32)18-22-7-5-8-23(17-22)19-35-13-15-36(16-14-35)29-28(30(37)38)24(21(2)3)11-12-33-29/h5-12,17,21H,4,13-16,18-20H2,1-3H3,(H,37,38). The fraction of sp³-hybridized carbons (Fsp3) is 0.400. The molecule has 0 radical (unpaired) electrons. The number of hydrogen-bond donors (Lipinski definition) is 1. The highest BCUT2D eigenvalue weighted by Gasteiger charge is 2.25. The first-order valence-electron chi connectivity index (χ1n) is 13.2. The van der Waals surface area contributed by atoms with Crippen LogP contribution < -0.4 is 4.90 Å². The molecule has 0 unspecified atom stereocenters. The summed E-state index contributed by atoms with van der Waals surface area (Å²) in [7, 11) is 0. The zero-order valence-electron chi connectivity index (χ0n) is 22.3. The predicted octanol–water partition coefficient (Wildman–Crippen LogP) is 6.04. The second-order valence-electron chi connectivity index (χ2n) is 10.1. The van der Waals surface area contributed by atoms with Crippen molar-refractivity contribution in [2.45, 2.75) is 46.3 Å². The fourth-order valence-corrected chi connectivity index (χ4v) is 5.27. The van der Waals surface area contributed by atoms with E-state index in [1.807, 2.05) is 19.9 Å². The van der Waals surface area contributed by atoms with E-state index in [0.29, 0.717) is 35.1 Å². The van der Waals surface area contributed by atoms with Crippen LogP contribution in [0.3, 0.4) is 0 Å². The number of carbonyl (C=O) groups is 1. The molecule has 6 nitrogen and oxygen atoms in total. The summed E-state index contributed by atoms with van der Waals surface area (Å²) in [6.45, 7) is 11.9. The Morgan fingerprint density at radius 3 is 2.45 bits per heavy atom. The van der Waals surface area contributed by atoms with Crippen molar-refractivity contribution in [1.29, 1.82) is 0 Å². The minimum atomic E-state index is -0.922. The molecule has 1 saturated heterocycles. The van der Waals surface area contributed by atoms with Gasteiger partial charge in [-0.05, 0) is 47.4 Å². The second-order valence-corrected chi connectivity index (χ2v) is 10.6. The van der Waals surface area contributed by atoms with Crippen LogP contribution in [-0.2, 0) is 19.6 Å². The summed E-state index contributed by atoms with van der Waals surface area (Å²) in [5.74, 6) is -0.511. The van der Waals surface area contributed by atoms with Crippen LogP contribution in [-0.4, -0.2) is 58.6 Å². The number of aromatic nitrogens is 1. The molecule has 4 rings (SSSR count). The molecule has 0 atom stereocenters. The van der Waals surface area contributed by atoms with Gasteiger partial charge in [0.15, 0.2) is 0 Å². The molecule has 202 valence electrons. The lowest BCUT2D eigenvalue weighted by molar-refractivity contribution is 0.0695. The number of aromatic carboxylic acids is 1. The molecule has 3 aromatic rings. The van der Waals surface area contributed by atoms with E-state index in [1.165, 1.54) is 17.2 Å². The van der Waals surface area contributed by atoms with Gasteiger partial charge in [0.05, 0.1) is 0 Å². The van der Waals surface area contributed by atoms with Crippen LogP contribution in [0.1, 0.15) is 59.3 Å². The molecule has 0 spiro atoms. The topological polar surface area (TPSA) is 59.9 Å². The Bertz CT molecular complexity index is 1240. The minimum absolute atomic E-state index is 0.115. The van der Waals surface area contributed by atoms with E-state index >= 15 is 0 Å². The number of pyridine rings is 1. The Morgan fingerprint density at radius 1 is 1.08 bits per heavy atom. The fourth-order valence-electron chi connectivity index (χ4n) is 5.05. The van der Waals surface area contributed by atoms with E-state index in [9.17, 15) is 14.3 Å². The lowest BCUT2D eigenvalue weighted by Crippen LogP contribution is -2.46. The van der Waals surface area contributed by atoms with Crippen molar-refractivity contribution in [1.82, 2.24) is 14.8 Å². The summed E-state index contributed by atoms with van der Waals surface area (Å²) in [5.41, 5.74) is 4.07. The third kappa shape index (κ3) is 6.70. The molecule has 1 aromatic heterocycles. The van der Waals surface area contributed by atoms with Crippen LogP contribution in [0.5, 0.6) is 0 Å². The van der Waals surface area contributed by atoms with Crippen molar-refractivity contribution in [3.05, 3.63) is 93.4 Å². The first-order valence-corrected chi connectivity index (χ1v) is 13.6. The highest BCUT2D eigenvalue weighted by molar-refractivity contribution is 6.31. The molecular formula is C30H36ClFN4O2. The van der Waals surface area contributed by atoms with Crippen LogP contribution in [0.4, 0.5) is 10.2 Å². The van der Waals surface area contributed by atoms with Crippen molar-refractivity contribution in [3.63, 3.8) is 0 Å². The van der Waals surface area contributed by atoms with Crippen LogP contribution in [0.15, 0.2) is 54.7 Å². The highest BCUT2D eigenvalue weighted by Crippen LogP contribution is 2.28. The van der Waals surface area contributed by atoms with Crippen LogP contribution in [0.25, 0.3) is 0 Å². The molecule has 0 bridgehead atoms. The maximum absolute atomic E-state index is 14.3. The molecule has 1 N–H and O–H groups in total. The monoisotopic (exact) mass is 538 g/mol. The summed E-state index contributed by atoms with van der Waals surface area (Å²) in [6.07, 6.45) is 1.72. The van der Waals surface area contributed by atoms with Crippen molar-refractivity contribution in [3.8, 4) is 0 Å². The summed E-state index contributed by atoms with van der Waals surface area (Å²) >= 11 is 6.25. The van der Waals surface area contributed by atoms with E-state index in [2.05, 4.69) is 50.9 Å². The summed E-state index contributed by atoms with van der Waals surface area (Å²) in [4.78, 5) is 23.2. The van der Waals surface area contributed by atoms with Crippen LogP contribution >= 0.6 is 11.6 Å². The molecule has 8 heteroatoms. The summed E-state index contributed by atoms with van der Waals surface area (Å²) in [5, 5.41) is 10.3. The zero-order chi connectivity index (χ0) is 27.2. The van der Waals surface area contributed by atoms with Crippen LogP contribution in [0.2, 0.25) is 5.02 Å². The maximum Gasteiger partial charge on any atom is 0.339 e. The minimum Gasteiger partial charge on any atom is -0.478 e. The molecule has 0 saturated carbocycles. The number of carboxylic acid groups (broad SMARTS) is 1. The normalized spacial score (nSPS) is 14.4. The van der Waals surface area contributed by atoms with Gasteiger partial charge in [0, 0.05) is 62.6 Å². The molecule has 2 heterocycles. The predicted molar refractivity (Wildman–Crippen MR) is 150 cm³/mol. The van der Waals surface area contributed by atoms with E-state index in [1.54, 1.807) is 18.3 Å². The lowest BCUT2D eigenvalue weighted by Gasteiger charge is -2.36. The molecule has 0 aliphatic carbocycles. The Balaban J connectivity index is 1.38. The van der Waals surface area contributed by atoms with Crippen molar-refractivity contribution >= 4 is 23.4 Å². The third-order valence-electron chi connectivity index (χ3n) is 7.17. The molecule has 0 amide bonds. The van der Waals surface area contributed by atoms with Gasteiger partial charge >= 0.3 is 5.97 Å². The number of rotatable bonds is 10. The SMILES string of the molecule is CCN(Cc1cccc(CN2CCN(c3nccc(C(C)C)c3C(=O)O)CC2)c1)Cc1c(F)cccc1Cl. The van der Waals surface area contributed by atoms with Gasteiger partial charge in [-0.3, -0.25) is 9.80 Å². The molecule has 1 aliphatic rings. The molecule has 2 aromatic carbocycles. The molecule has 38 heavy (non-hydrogen) atoms. The number of hydrogen-bond acceptors (Lipinski definition) is 5. The molecular weight excluding hydrogens is 503 g/mol. The van der Waals surface area contributed by atoms with Gasteiger partial charge in [-0.25, -0.2) is 14.2 Å². The van der Waals surface area contributed by atoms with Gasteiger partial charge in [-0.15, -0.1) is 0 Å². The zero-order valence-corrected chi connectivity index (χ0v) is 23.1. The van der Waals surface area contributed by atoms with Gasteiger partial charge in [-0.1, -0.05) is 62.7 Å². The van der Waals surface area contributed by atoms with Crippen molar-refractivity contribution in [2.75, 3.05) is 37.6 Å². The number of piperazine rings is 1. The van der Waals surface area contributed by atoms with Crippen molar-refractivity contribution < 1.29 is 14.3 Å². The van der Waals surface area contributed by atoms with E-state index in [-0.39, 0.29) is 11.7 Å². The largest absolute Gasteiger partial charge is 0.478 e. The maximum atomic E-state index is 14.3. The smallest absolute Gasteiger partial charge is 0.339 e. The number of anilines is 1. The average molecular weight is 539 g/mol. The van der Waals surface area contributed by atoms with E-state index in [0.717, 1.165) is 44.8 Å². The Hall–Kier alpha value is -3.00. The van der Waals surface area contributed by atoms with Gasteiger partial charge in [-0.2, -0.15) is 0 Å². The molecule has 1 aliphatic heterocycles. The number of nitrogens with zero attached hydrogens (tertiary/aromatic N) is 4. The number of carboxylic acids is 1. The van der Waals surface area contributed by atoms with Gasteiger partial charge in [0.2, 0.25) is 0 Å². The Labute approximate surface area is 229 Å². The quantitative estimate of drug-likeness (QED) is 0.339. The Kier molecular flexibility index (Phi) is 9.36. The van der Waals surface area contributed by atoms with Gasteiger partial charge in [0.1, 0.15) is 17.2 Å².